The molecule has 0 heterocycles. The molecule has 0 rings (SSSR count). The van der Waals surface area contributed by atoms with E-state index in [-0.39, 0.29) is 10.8 Å². The fraction of sp³-hybridized carbons (Fsp3) is 0.857. The largest absolute Gasteiger partial charge is 0.675 e. The van der Waals surface area contributed by atoms with Gasteiger partial charge in [-0.05, 0) is 60.1 Å². The van der Waals surface area contributed by atoms with E-state index in [2.05, 4.69) is 46.2 Å². The van der Waals surface area contributed by atoms with E-state index in [0.717, 1.165) is 5.71 Å². The summed E-state index contributed by atoms with van der Waals surface area (Å²) >= 11 is 0. The Balaban J connectivity index is 0. The minimum Gasteiger partial charge on any atom is -0.418 e. The number of rotatable bonds is 2. The maximum Gasteiger partial charge on any atom is 0.675 e. The van der Waals surface area contributed by atoms with Crippen LogP contribution in [-0.2, 0) is 9.47 Å². The standard InChI is InChI=1S/C14H28NO2.BF4/c1-9-16-12(17-10-2)15-11(13(3,4)5)14(6,7)8;2-1(3,4)5/h9-10H2,1-8H3;/q+1;-1. The Kier molecular flexibility index (Phi) is 9.54. The molecule has 0 aliphatic heterocycles. The summed E-state index contributed by atoms with van der Waals surface area (Å²) in [6.45, 7) is 18.0. The molecule has 0 amide bonds. The van der Waals surface area contributed by atoms with Crippen LogP contribution in [0.2, 0.25) is 0 Å². The molecule has 0 radical (unpaired) electrons. The van der Waals surface area contributed by atoms with Gasteiger partial charge in [-0.1, -0.05) is 0 Å². The molecule has 0 saturated heterocycles. The highest BCUT2D eigenvalue weighted by molar-refractivity contribution is 6.50. The summed E-state index contributed by atoms with van der Waals surface area (Å²) in [5.74, 6) is 0. The highest BCUT2D eigenvalue weighted by Crippen LogP contribution is 2.27. The first kappa shape index (κ1) is 23.1. The van der Waals surface area contributed by atoms with Gasteiger partial charge in [0.05, 0.1) is 24.0 Å². The summed E-state index contributed by atoms with van der Waals surface area (Å²) in [4.78, 5) is 0. The van der Waals surface area contributed by atoms with Gasteiger partial charge in [-0.15, -0.1) is 0 Å². The van der Waals surface area contributed by atoms with Crippen molar-refractivity contribution < 1.29 is 26.7 Å². The van der Waals surface area contributed by atoms with E-state index in [1.54, 1.807) is 0 Å². The van der Waals surface area contributed by atoms with Crippen molar-refractivity contribution in [2.24, 2.45) is 10.8 Å². The summed E-state index contributed by atoms with van der Waals surface area (Å²) in [6.07, 6.45) is 0.384. The van der Waals surface area contributed by atoms with Gasteiger partial charge >= 0.3 is 19.0 Å². The lowest BCUT2D eigenvalue weighted by Gasteiger charge is -2.21. The SMILES string of the molecule is CCOC(=[N+]=C(C(C)(C)C)C(C)(C)C)OCC.F[B-](F)(F)F. The van der Waals surface area contributed by atoms with Gasteiger partial charge in [0.1, 0.15) is 0 Å². The molecule has 3 nitrogen and oxygen atoms in total. The zero-order valence-corrected chi connectivity index (χ0v) is 14.8. The van der Waals surface area contributed by atoms with Gasteiger partial charge in [-0.3, -0.25) is 0 Å². The molecule has 0 bridgehead atoms. The molecule has 0 spiro atoms. The summed E-state index contributed by atoms with van der Waals surface area (Å²) in [6, 6.07) is 0. The number of hydrogen-bond donors (Lipinski definition) is 0. The van der Waals surface area contributed by atoms with Crippen molar-refractivity contribution in [3.8, 4) is 0 Å². The number of ether oxygens (including phenoxy) is 2. The minimum absolute atomic E-state index is 0.00228. The average molecular weight is 329 g/mol. The van der Waals surface area contributed by atoms with Crippen molar-refractivity contribution in [2.45, 2.75) is 55.4 Å². The molecule has 0 fully saturated rings. The second kappa shape index (κ2) is 9.08. The van der Waals surface area contributed by atoms with Crippen LogP contribution in [0.1, 0.15) is 55.4 Å². The Morgan fingerprint density at radius 2 is 1.09 bits per heavy atom. The van der Waals surface area contributed by atoms with E-state index in [0.29, 0.717) is 19.3 Å². The lowest BCUT2D eigenvalue weighted by Crippen LogP contribution is -2.36. The van der Waals surface area contributed by atoms with Crippen molar-refractivity contribution in [1.82, 2.24) is 4.67 Å². The Morgan fingerprint density at radius 1 is 0.818 bits per heavy atom. The van der Waals surface area contributed by atoms with Crippen LogP contribution in [-0.4, -0.2) is 32.3 Å². The predicted molar refractivity (Wildman–Crippen MR) is 84.5 cm³/mol. The predicted octanol–water partition coefficient (Wildman–Crippen LogP) is 4.32. The fourth-order valence-corrected chi connectivity index (χ4v) is 1.90. The van der Waals surface area contributed by atoms with Crippen LogP contribution in [0.3, 0.4) is 0 Å². The van der Waals surface area contributed by atoms with Crippen molar-refractivity contribution in [2.75, 3.05) is 13.2 Å². The van der Waals surface area contributed by atoms with E-state index < -0.39 is 7.25 Å². The van der Waals surface area contributed by atoms with Crippen LogP contribution < -0.4 is 4.67 Å². The average Bonchev–Trinajstić information content (AvgIpc) is 2.20. The van der Waals surface area contributed by atoms with Gasteiger partial charge in [0, 0.05) is 0 Å². The van der Waals surface area contributed by atoms with Gasteiger partial charge in [0.2, 0.25) is 0 Å². The van der Waals surface area contributed by atoms with Crippen LogP contribution in [0, 0.1) is 10.8 Å². The summed E-state index contributed by atoms with van der Waals surface area (Å²) in [7, 11) is -6.00. The van der Waals surface area contributed by atoms with E-state index >= 15 is 0 Å². The van der Waals surface area contributed by atoms with Gasteiger partial charge in [-0.25, -0.2) is 0 Å². The van der Waals surface area contributed by atoms with Crippen molar-refractivity contribution in [3.63, 3.8) is 0 Å². The van der Waals surface area contributed by atoms with Gasteiger partial charge in [0.15, 0.2) is 0 Å². The van der Waals surface area contributed by atoms with E-state index in [9.17, 15) is 17.3 Å². The quantitative estimate of drug-likeness (QED) is 0.249. The highest BCUT2D eigenvalue weighted by Gasteiger charge is 2.40. The molecule has 0 aromatic rings. The molecule has 0 aliphatic carbocycles. The van der Waals surface area contributed by atoms with Crippen molar-refractivity contribution >= 4 is 19.0 Å². The molecule has 0 aliphatic rings. The number of halogens is 4. The Labute approximate surface area is 130 Å². The molecule has 0 unspecified atom stereocenters. The zero-order valence-electron chi connectivity index (χ0n) is 14.8. The molecular formula is C14H28BF4NO2. The lowest BCUT2D eigenvalue weighted by atomic mass is 9.75. The monoisotopic (exact) mass is 329 g/mol. The third-order valence-electron chi connectivity index (χ3n) is 2.16. The van der Waals surface area contributed by atoms with Crippen LogP contribution in [0.4, 0.5) is 17.3 Å². The highest BCUT2D eigenvalue weighted by atomic mass is 19.5. The Bertz CT molecular complexity index is 359. The normalized spacial score (nSPS) is 11.8. The van der Waals surface area contributed by atoms with Gasteiger partial charge in [-0.2, -0.15) is 0 Å². The molecule has 132 valence electrons. The molecular weight excluding hydrogens is 301 g/mol. The molecule has 22 heavy (non-hydrogen) atoms. The first-order valence-electron chi connectivity index (χ1n) is 7.22. The number of nitrogens with zero attached hydrogens (tertiary/aromatic N) is 1. The van der Waals surface area contributed by atoms with Crippen LogP contribution in [0.5, 0.6) is 0 Å². The zero-order chi connectivity index (χ0) is 18.2. The lowest BCUT2D eigenvalue weighted by molar-refractivity contribution is 0.180. The van der Waals surface area contributed by atoms with Gasteiger partial charge < -0.3 is 26.7 Å². The van der Waals surface area contributed by atoms with Crippen molar-refractivity contribution in [3.05, 3.63) is 0 Å². The third kappa shape index (κ3) is 13.8. The summed E-state index contributed by atoms with van der Waals surface area (Å²) in [5, 5.41) is 0. The second-order valence-electron chi connectivity index (χ2n) is 6.59. The second-order valence-corrected chi connectivity index (χ2v) is 6.59. The summed E-state index contributed by atoms with van der Waals surface area (Å²) < 4.78 is 54.4. The maximum absolute atomic E-state index is 9.75. The molecule has 0 saturated carbocycles. The number of hydrogen-bond acceptors (Lipinski definition) is 2. The van der Waals surface area contributed by atoms with Crippen molar-refractivity contribution in [1.29, 1.82) is 0 Å². The molecule has 0 N–H and O–H groups in total. The summed E-state index contributed by atoms with van der Waals surface area (Å²) in [5.41, 5.74) is 1.08. The maximum atomic E-state index is 9.75. The Morgan fingerprint density at radius 3 is 1.27 bits per heavy atom. The van der Waals surface area contributed by atoms with Gasteiger partial charge in [0.25, 0.3) is 0 Å². The third-order valence-corrected chi connectivity index (χ3v) is 2.16. The van der Waals surface area contributed by atoms with Crippen LogP contribution >= 0.6 is 0 Å². The van der Waals surface area contributed by atoms with Crippen LogP contribution in [0.15, 0.2) is 0 Å². The fourth-order valence-electron chi connectivity index (χ4n) is 1.90. The van der Waals surface area contributed by atoms with E-state index in [1.165, 1.54) is 0 Å². The Hall–Kier alpha value is -1.17. The smallest absolute Gasteiger partial charge is 0.418 e. The molecule has 8 heteroatoms. The van der Waals surface area contributed by atoms with Crippen LogP contribution in [0.25, 0.3) is 0 Å². The molecule has 0 aromatic carbocycles. The first-order chi connectivity index (χ1) is 9.62. The molecule has 0 atom stereocenters. The van der Waals surface area contributed by atoms with E-state index in [4.69, 9.17) is 9.47 Å². The molecule has 0 aromatic heterocycles. The topological polar surface area (TPSA) is 32.6 Å². The first-order valence-corrected chi connectivity index (χ1v) is 7.22. The van der Waals surface area contributed by atoms with E-state index in [1.807, 2.05) is 13.8 Å². The minimum atomic E-state index is -6.00.